The molecule has 0 fully saturated rings. The van der Waals surface area contributed by atoms with Gasteiger partial charge in [-0.05, 0) is 6.42 Å². The second-order valence-corrected chi connectivity index (χ2v) is 7.05. The molecule has 0 unspecified atom stereocenters. The molecule has 0 heterocycles. The molecule has 0 aromatic carbocycles. The normalized spacial score (nSPS) is 11.6. The van der Waals surface area contributed by atoms with Crippen LogP contribution in [0.4, 0.5) is 0 Å². The van der Waals surface area contributed by atoms with Crippen LogP contribution in [0, 0.1) is 0 Å². The monoisotopic (exact) mass is 262 g/mol. The number of ketones is 1. The van der Waals surface area contributed by atoms with E-state index in [-0.39, 0.29) is 18.0 Å². The van der Waals surface area contributed by atoms with Crippen molar-refractivity contribution in [3.05, 3.63) is 0 Å². The maximum absolute atomic E-state index is 11.4. The molecule has 0 spiro atoms. The van der Waals surface area contributed by atoms with Crippen molar-refractivity contribution < 1.29 is 13.2 Å². The second kappa shape index (κ2) is 9.63. The van der Waals surface area contributed by atoms with Gasteiger partial charge in [0.2, 0.25) is 0 Å². The van der Waals surface area contributed by atoms with Gasteiger partial charge in [0.25, 0.3) is 0 Å². The quantitative estimate of drug-likeness (QED) is 0.537. The first-order chi connectivity index (χ1) is 7.95. The summed E-state index contributed by atoms with van der Waals surface area (Å²) in [6.07, 6.45) is 10.2. The van der Waals surface area contributed by atoms with Gasteiger partial charge in [-0.2, -0.15) is 0 Å². The zero-order chi connectivity index (χ0) is 13.1. The Morgan fingerprint density at radius 2 is 1.41 bits per heavy atom. The summed E-state index contributed by atoms with van der Waals surface area (Å²) >= 11 is 0. The molecule has 0 aliphatic heterocycles. The van der Waals surface area contributed by atoms with Crippen LogP contribution < -0.4 is 0 Å². The van der Waals surface area contributed by atoms with Gasteiger partial charge in [0, 0.05) is 19.1 Å². The van der Waals surface area contributed by atoms with E-state index in [0.717, 1.165) is 12.8 Å². The minimum atomic E-state index is -2.99. The van der Waals surface area contributed by atoms with E-state index >= 15 is 0 Å². The molecule has 3 nitrogen and oxygen atoms in total. The highest BCUT2D eigenvalue weighted by Crippen LogP contribution is 2.09. The average Bonchev–Trinajstić information content (AvgIpc) is 2.24. The van der Waals surface area contributed by atoms with E-state index in [1.54, 1.807) is 0 Å². The minimum absolute atomic E-state index is 0.00231. The third-order valence-electron chi connectivity index (χ3n) is 2.81. The minimum Gasteiger partial charge on any atom is -0.300 e. The molecule has 17 heavy (non-hydrogen) atoms. The van der Waals surface area contributed by atoms with Crippen LogP contribution >= 0.6 is 0 Å². The van der Waals surface area contributed by atoms with Gasteiger partial charge in [0.05, 0.1) is 5.75 Å². The molecule has 0 aromatic rings. The fourth-order valence-corrected chi connectivity index (χ4v) is 2.30. The molecule has 4 heteroatoms. The molecule has 0 aliphatic rings. The molecule has 0 rings (SSSR count). The fourth-order valence-electron chi connectivity index (χ4n) is 1.70. The Morgan fingerprint density at radius 3 is 1.94 bits per heavy atom. The Labute approximate surface area is 106 Å². The lowest BCUT2D eigenvalue weighted by Gasteiger charge is -2.01. The number of hydrogen-bond donors (Lipinski definition) is 0. The number of carbonyl (C=O) groups excluding carboxylic acids is 1. The summed E-state index contributed by atoms with van der Waals surface area (Å²) in [5.41, 5.74) is 0. The SMILES string of the molecule is CCCCCCCCCC(=O)CCS(C)(=O)=O. The van der Waals surface area contributed by atoms with Crippen LogP contribution in [0.25, 0.3) is 0 Å². The van der Waals surface area contributed by atoms with Crippen LogP contribution in [0.1, 0.15) is 64.7 Å². The molecule has 0 atom stereocenters. The van der Waals surface area contributed by atoms with Crippen molar-refractivity contribution >= 4 is 15.6 Å². The largest absolute Gasteiger partial charge is 0.300 e. The maximum Gasteiger partial charge on any atom is 0.147 e. The van der Waals surface area contributed by atoms with Crippen molar-refractivity contribution in [3.63, 3.8) is 0 Å². The van der Waals surface area contributed by atoms with Gasteiger partial charge >= 0.3 is 0 Å². The third-order valence-corrected chi connectivity index (χ3v) is 3.76. The van der Waals surface area contributed by atoms with E-state index in [1.165, 1.54) is 38.4 Å². The van der Waals surface area contributed by atoms with E-state index < -0.39 is 9.84 Å². The zero-order valence-electron chi connectivity index (χ0n) is 11.2. The van der Waals surface area contributed by atoms with Crippen molar-refractivity contribution in [3.8, 4) is 0 Å². The van der Waals surface area contributed by atoms with Crippen molar-refractivity contribution in [2.45, 2.75) is 64.7 Å². The highest BCUT2D eigenvalue weighted by Gasteiger charge is 2.07. The predicted molar refractivity (Wildman–Crippen MR) is 71.9 cm³/mol. The van der Waals surface area contributed by atoms with Crippen molar-refractivity contribution in [2.75, 3.05) is 12.0 Å². The topological polar surface area (TPSA) is 51.2 Å². The van der Waals surface area contributed by atoms with E-state index in [0.29, 0.717) is 6.42 Å². The Hall–Kier alpha value is -0.380. The number of carbonyl (C=O) groups is 1. The van der Waals surface area contributed by atoms with Gasteiger partial charge in [0.15, 0.2) is 0 Å². The van der Waals surface area contributed by atoms with Gasteiger partial charge in [-0.25, -0.2) is 8.42 Å². The summed E-state index contributed by atoms with van der Waals surface area (Å²) in [6, 6.07) is 0. The van der Waals surface area contributed by atoms with Crippen molar-refractivity contribution in [1.29, 1.82) is 0 Å². The van der Waals surface area contributed by atoms with E-state index in [9.17, 15) is 13.2 Å². The lowest BCUT2D eigenvalue weighted by Crippen LogP contribution is -2.09. The van der Waals surface area contributed by atoms with Crippen LogP contribution in [0.5, 0.6) is 0 Å². The summed E-state index contributed by atoms with van der Waals surface area (Å²) in [5.74, 6) is 0.0893. The van der Waals surface area contributed by atoms with E-state index in [1.807, 2.05) is 0 Å². The molecular formula is C13H26O3S. The number of rotatable bonds is 11. The van der Waals surface area contributed by atoms with Crippen LogP contribution in [0.2, 0.25) is 0 Å². The van der Waals surface area contributed by atoms with Gasteiger partial charge in [-0.1, -0.05) is 45.4 Å². The molecule has 102 valence electrons. The smallest absolute Gasteiger partial charge is 0.147 e. The average molecular weight is 262 g/mol. The van der Waals surface area contributed by atoms with E-state index in [2.05, 4.69) is 6.92 Å². The number of sulfone groups is 1. The van der Waals surface area contributed by atoms with Crippen molar-refractivity contribution in [1.82, 2.24) is 0 Å². The molecule has 0 bridgehead atoms. The zero-order valence-corrected chi connectivity index (χ0v) is 12.0. The lowest BCUT2D eigenvalue weighted by molar-refractivity contribution is -0.118. The summed E-state index contributed by atoms with van der Waals surface area (Å²) in [4.78, 5) is 11.4. The molecule has 0 amide bonds. The fraction of sp³-hybridized carbons (Fsp3) is 0.923. The number of Topliss-reactive ketones (excluding diaryl/α,β-unsaturated/α-hetero) is 1. The molecule has 0 saturated heterocycles. The van der Waals surface area contributed by atoms with Gasteiger partial charge in [-0.15, -0.1) is 0 Å². The lowest BCUT2D eigenvalue weighted by atomic mass is 10.1. The number of unbranched alkanes of at least 4 members (excludes halogenated alkanes) is 6. The molecule has 0 N–H and O–H groups in total. The molecular weight excluding hydrogens is 236 g/mol. The summed E-state index contributed by atoms with van der Waals surface area (Å²) in [6.45, 7) is 2.19. The molecule has 0 radical (unpaired) electrons. The molecule has 0 aromatic heterocycles. The summed E-state index contributed by atoms with van der Waals surface area (Å²) in [7, 11) is -2.99. The van der Waals surface area contributed by atoms with Crippen LogP contribution in [-0.4, -0.2) is 26.2 Å². The van der Waals surface area contributed by atoms with E-state index in [4.69, 9.17) is 0 Å². The van der Waals surface area contributed by atoms with Crippen LogP contribution in [-0.2, 0) is 14.6 Å². The standard InChI is InChI=1S/C13H26O3S/c1-3-4-5-6-7-8-9-10-13(14)11-12-17(2,15)16/h3-12H2,1-2H3. The Morgan fingerprint density at radius 1 is 0.882 bits per heavy atom. The number of hydrogen-bond acceptors (Lipinski definition) is 3. The summed E-state index contributed by atoms with van der Waals surface area (Å²) < 4.78 is 21.7. The first-order valence-corrected chi connectivity index (χ1v) is 8.71. The molecule has 0 saturated carbocycles. The van der Waals surface area contributed by atoms with Gasteiger partial charge in [-0.3, -0.25) is 4.79 Å². The Kier molecular flexibility index (Phi) is 9.41. The van der Waals surface area contributed by atoms with Crippen LogP contribution in [0.3, 0.4) is 0 Å². The maximum atomic E-state index is 11.4. The second-order valence-electron chi connectivity index (χ2n) is 4.79. The first kappa shape index (κ1) is 16.6. The summed E-state index contributed by atoms with van der Waals surface area (Å²) in [5, 5.41) is 0. The highest BCUT2D eigenvalue weighted by atomic mass is 32.2. The Balaban J connectivity index is 3.34. The van der Waals surface area contributed by atoms with Crippen molar-refractivity contribution in [2.24, 2.45) is 0 Å². The predicted octanol–water partition coefficient (Wildman–Crippen LogP) is 3.13. The highest BCUT2D eigenvalue weighted by molar-refractivity contribution is 7.90. The van der Waals surface area contributed by atoms with Gasteiger partial charge < -0.3 is 0 Å². The Bertz CT molecular complexity index is 294. The first-order valence-electron chi connectivity index (χ1n) is 6.65. The molecule has 0 aliphatic carbocycles. The third kappa shape index (κ3) is 13.6. The van der Waals surface area contributed by atoms with Gasteiger partial charge in [0.1, 0.15) is 15.6 Å². The van der Waals surface area contributed by atoms with Crippen LogP contribution in [0.15, 0.2) is 0 Å².